The van der Waals surface area contributed by atoms with Gasteiger partial charge in [-0.15, -0.1) is 11.3 Å². The van der Waals surface area contributed by atoms with Gasteiger partial charge in [0.15, 0.2) is 5.13 Å². The third-order valence-electron chi connectivity index (χ3n) is 3.27. The number of nitrogens with zero attached hydrogens (tertiary/aromatic N) is 2. The SMILES string of the molecule is O=C(Nc1nc(-c2ccc(Br)cc2)cs1)c1cc([N+](=O)[O-])ccc1Cl. The molecule has 0 radical (unpaired) electrons. The maximum absolute atomic E-state index is 12.3. The molecule has 0 unspecified atom stereocenters. The Balaban J connectivity index is 1.81. The van der Waals surface area contributed by atoms with E-state index in [-0.39, 0.29) is 16.3 Å². The Hall–Kier alpha value is -2.29. The number of nitro benzene ring substituents is 1. The molecule has 1 aromatic heterocycles. The van der Waals surface area contributed by atoms with Crippen molar-refractivity contribution in [2.24, 2.45) is 0 Å². The van der Waals surface area contributed by atoms with Crippen LogP contribution in [0.5, 0.6) is 0 Å². The molecule has 0 aliphatic rings. The quantitative estimate of drug-likeness (QED) is 0.437. The largest absolute Gasteiger partial charge is 0.298 e. The fourth-order valence-corrected chi connectivity index (χ4v) is 3.23. The van der Waals surface area contributed by atoms with Gasteiger partial charge in [-0.2, -0.15) is 0 Å². The lowest BCUT2D eigenvalue weighted by Crippen LogP contribution is -2.12. The van der Waals surface area contributed by atoms with Gasteiger partial charge in [-0.1, -0.05) is 39.7 Å². The lowest BCUT2D eigenvalue weighted by Gasteiger charge is -2.04. The number of benzene rings is 2. The zero-order valence-electron chi connectivity index (χ0n) is 12.4. The van der Waals surface area contributed by atoms with E-state index in [0.29, 0.717) is 5.13 Å². The Morgan fingerprint density at radius 2 is 1.96 bits per heavy atom. The summed E-state index contributed by atoms with van der Waals surface area (Å²) >= 11 is 10.6. The van der Waals surface area contributed by atoms with E-state index in [1.54, 1.807) is 0 Å². The highest BCUT2D eigenvalue weighted by Crippen LogP contribution is 2.28. The normalized spacial score (nSPS) is 10.5. The lowest BCUT2D eigenvalue weighted by atomic mass is 10.2. The number of nitro groups is 1. The van der Waals surface area contributed by atoms with Crippen LogP contribution in [0.2, 0.25) is 5.02 Å². The Morgan fingerprint density at radius 1 is 1.24 bits per heavy atom. The first-order valence-electron chi connectivity index (χ1n) is 6.91. The molecular formula is C16H9BrClN3O3S. The Morgan fingerprint density at radius 3 is 2.64 bits per heavy atom. The van der Waals surface area contributed by atoms with Crippen LogP contribution in [0.25, 0.3) is 11.3 Å². The summed E-state index contributed by atoms with van der Waals surface area (Å²) in [7, 11) is 0. The van der Waals surface area contributed by atoms with E-state index in [0.717, 1.165) is 21.8 Å². The van der Waals surface area contributed by atoms with Gasteiger partial charge in [0.05, 0.1) is 21.2 Å². The van der Waals surface area contributed by atoms with Crippen molar-refractivity contribution in [1.29, 1.82) is 0 Å². The van der Waals surface area contributed by atoms with Crippen molar-refractivity contribution in [2.75, 3.05) is 5.32 Å². The molecule has 0 aliphatic heterocycles. The highest BCUT2D eigenvalue weighted by Gasteiger charge is 2.17. The minimum Gasteiger partial charge on any atom is -0.298 e. The molecule has 0 bridgehead atoms. The van der Waals surface area contributed by atoms with Gasteiger partial charge in [-0.25, -0.2) is 4.98 Å². The maximum atomic E-state index is 12.3. The molecule has 1 heterocycles. The van der Waals surface area contributed by atoms with Crippen LogP contribution in [0.4, 0.5) is 10.8 Å². The molecule has 0 atom stereocenters. The van der Waals surface area contributed by atoms with Crippen LogP contribution < -0.4 is 5.32 Å². The summed E-state index contributed by atoms with van der Waals surface area (Å²) in [4.78, 5) is 27.0. The summed E-state index contributed by atoms with van der Waals surface area (Å²) in [6.45, 7) is 0. The van der Waals surface area contributed by atoms with E-state index < -0.39 is 10.8 Å². The third-order valence-corrected chi connectivity index (χ3v) is 4.89. The number of thiazole rings is 1. The summed E-state index contributed by atoms with van der Waals surface area (Å²) in [5.74, 6) is -0.551. The molecule has 0 spiro atoms. The number of hydrogen-bond donors (Lipinski definition) is 1. The van der Waals surface area contributed by atoms with E-state index in [2.05, 4.69) is 26.2 Å². The number of rotatable bonds is 4. The molecule has 3 rings (SSSR count). The van der Waals surface area contributed by atoms with Crippen molar-refractivity contribution in [3.8, 4) is 11.3 Å². The first kappa shape index (κ1) is 17.5. The summed E-state index contributed by atoms with van der Waals surface area (Å²) in [5, 5.41) is 15.8. The van der Waals surface area contributed by atoms with Crippen LogP contribution in [-0.4, -0.2) is 15.8 Å². The highest BCUT2D eigenvalue weighted by atomic mass is 79.9. The van der Waals surface area contributed by atoms with E-state index in [1.165, 1.54) is 23.5 Å². The number of carbonyl (C=O) groups excluding carboxylic acids is 1. The summed E-state index contributed by atoms with van der Waals surface area (Å²) < 4.78 is 0.959. The maximum Gasteiger partial charge on any atom is 0.270 e. The van der Waals surface area contributed by atoms with Crippen molar-refractivity contribution < 1.29 is 9.72 Å². The fraction of sp³-hybridized carbons (Fsp3) is 0. The number of halogens is 2. The smallest absolute Gasteiger partial charge is 0.270 e. The molecular weight excluding hydrogens is 430 g/mol. The molecule has 25 heavy (non-hydrogen) atoms. The second kappa shape index (κ2) is 7.30. The van der Waals surface area contributed by atoms with Gasteiger partial charge in [0.2, 0.25) is 0 Å². The highest BCUT2D eigenvalue weighted by molar-refractivity contribution is 9.10. The molecule has 0 fully saturated rings. The van der Waals surface area contributed by atoms with Gasteiger partial charge in [0.25, 0.3) is 11.6 Å². The van der Waals surface area contributed by atoms with E-state index in [9.17, 15) is 14.9 Å². The first-order valence-corrected chi connectivity index (χ1v) is 8.96. The molecule has 6 nitrogen and oxygen atoms in total. The second-order valence-electron chi connectivity index (χ2n) is 4.92. The molecule has 3 aromatic rings. The van der Waals surface area contributed by atoms with Crippen molar-refractivity contribution in [2.45, 2.75) is 0 Å². The van der Waals surface area contributed by atoms with Gasteiger partial charge in [0.1, 0.15) is 0 Å². The topological polar surface area (TPSA) is 85.1 Å². The van der Waals surface area contributed by atoms with E-state index >= 15 is 0 Å². The first-order chi connectivity index (χ1) is 11.9. The number of anilines is 1. The van der Waals surface area contributed by atoms with Crippen LogP contribution >= 0.6 is 38.9 Å². The molecule has 9 heteroatoms. The van der Waals surface area contributed by atoms with Crippen molar-refractivity contribution in [1.82, 2.24) is 4.98 Å². The second-order valence-corrected chi connectivity index (χ2v) is 7.10. The molecule has 0 saturated carbocycles. The predicted octanol–water partition coefficient (Wildman–Crippen LogP) is 5.39. The van der Waals surface area contributed by atoms with E-state index in [4.69, 9.17) is 11.6 Å². The monoisotopic (exact) mass is 437 g/mol. The Bertz CT molecular complexity index is 960. The number of non-ortho nitro benzene ring substituents is 1. The molecule has 2 aromatic carbocycles. The van der Waals surface area contributed by atoms with Gasteiger partial charge in [0, 0.05) is 27.5 Å². The van der Waals surface area contributed by atoms with Crippen molar-refractivity contribution >= 4 is 55.6 Å². The van der Waals surface area contributed by atoms with Crippen LogP contribution in [-0.2, 0) is 0 Å². The Kier molecular flexibility index (Phi) is 5.12. The zero-order chi connectivity index (χ0) is 18.0. The van der Waals surface area contributed by atoms with Crippen LogP contribution in [0, 0.1) is 10.1 Å². The molecule has 126 valence electrons. The van der Waals surface area contributed by atoms with Gasteiger partial charge in [-0.3, -0.25) is 20.2 Å². The van der Waals surface area contributed by atoms with E-state index in [1.807, 2.05) is 29.6 Å². The minimum atomic E-state index is -0.581. The lowest BCUT2D eigenvalue weighted by molar-refractivity contribution is -0.384. The molecule has 1 amide bonds. The number of hydrogen-bond acceptors (Lipinski definition) is 5. The van der Waals surface area contributed by atoms with Crippen LogP contribution in [0.1, 0.15) is 10.4 Å². The number of aromatic nitrogens is 1. The molecule has 0 saturated heterocycles. The summed E-state index contributed by atoms with van der Waals surface area (Å²) in [6, 6.07) is 11.3. The molecule has 0 aliphatic carbocycles. The van der Waals surface area contributed by atoms with Gasteiger partial charge < -0.3 is 0 Å². The van der Waals surface area contributed by atoms with Gasteiger partial charge in [-0.05, 0) is 18.2 Å². The van der Waals surface area contributed by atoms with Crippen molar-refractivity contribution in [3.05, 3.63) is 73.0 Å². The average molecular weight is 439 g/mol. The third kappa shape index (κ3) is 4.04. The average Bonchev–Trinajstić information content (AvgIpc) is 3.04. The number of carbonyl (C=O) groups is 1. The zero-order valence-corrected chi connectivity index (χ0v) is 15.6. The summed E-state index contributed by atoms with van der Waals surface area (Å²) in [6.07, 6.45) is 0. The van der Waals surface area contributed by atoms with Gasteiger partial charge >= 0.3 is 0 Å². The van der Waals surface area contributed by atoms with Crippen LogP contribution in [0.3, 0.4) is 0 Å². The number of nitrogens with one attached hydrogen (secondary N) is 1. The Labute approximate surface area is 159 Å². The standard InChI is InChI=1S/C16H9BrClN3O3S/c17-10-3-1-9(2-4-10)14-8-25-16(19-14)20-15(22)12-7-11(21(23)24)5-6-13(12)18/h1-8H,(H,19,20,22). The fourth-order valence-electron chi connectivity index (χ4n) is 2.05. The number of amides is 1. The van der Waals surface area contributed by atoms with Crippen LogP contribution in [0.15, 0.2) is 52.3 Å². The van der Waals surface area contributed by atoms with Crippen molar-refractivity contribution in [3.63, 3.8) is 0 Å². The molecule has 1 N–H and O–H groups in total. The minimum absolute atomic E-state index is 0.0243. The summed E-state index contributed by atoms with van der Waals surface area (Å²) in [5.41, 5.74) is 1.45. The predicted molar refractivity (Wildman–Crippen MR) is 101 cm³/mol.